The number of hydrogen-bond donors (Lipinski definition) is 0. The van der Waals surface area contributed by atoms with Gasteiger partial charge in [-0.15, -0.1) is 0 Å². The van der Waals surface area contributed by atoms with Crippen LogP contribution < -0.4 is 0 Å². The first kappa shape index (κ1) is 20.4. The maximum absolute atomic E-state index is 14.4. The third-order valence-corrected chi connectivity index (χ3v) is 5.06. The third-order valence-electron chi connectivity index (χ3n) is 4.69. The summed E-state index contributed by atoms with van der Waals surface area (Å²) in [5.74, 6) is -4.21. The Hall–Kier alpha value is -2.33. The second kappa shape index (κ2) is 8.78. The fourth-order valence-electron chi connectivity index (χ4n) is 3.17. The van der Waals surface area contributed by atoms with E-state index in [4.69, 9.17) is 11.6 Å². The van der Waals surface area contributed by atoms with Gasteiger partial charge in [-0.25, -0.2) is 17.6 Å². The van der Waals surface area contributed by atoms with Gasteiger partial charge in [-0.1, -0.05) is 61.3 Å². The van der Waals surface area contributed by atoms with E-state index in [2.05, 4.69) is 0 Å². The van der Waals surface area contributed by atoms with E-state index in [9.17, 15) is 17.6 Å². The summed E-state index contributed by atoms with van der Waals surface area (Å²) >= 11 is 6.22. The van der Waals surface area contributed by atoms with Crippen LogP contribution in [-0.4, -0.2) is 0 Å². The SMILES string of the molecule is CCCc1ccc(-c2ccc(CCc3cc(F)c(F)c(F)c3)cc2)c(Cl)c1F. The molecule has 0 saturated carbocycles. The van der Waals surface area contributed by atoms with Crippen molar-refractivity contribution in [1.82, 2.24) is 0 Å². The Morgan fingerprint density at radius 2 is 1.32 bits per heavy atom. The lowest BCUT2D eigenvalue weighted by molar-refractivity contribution is 0.445. The summed E-state index contributed by atoms with van der Waals surface area (Å²) in [6, 6.07) is 13.0. The maximum atomic E-state index is 14.4. The molecule has 146 valence electrons. The van der Waals surface area contributed by atoms with E-state index < -0.39 is 17.5 Å². The summed E-state index contributed by atoms with van der Waals surface area (Å²) in [7, 11) is 0. The van der Waals surface area contributed by atoms with Crippen molar-refractivity contribution in [2.45, 2.75) is 32.6 Å². The van der Waals surface area contributed by atoms with Crippen molar-refractivity contribution in [1.29, 1.82) is 0 Å². The predicted octanol–water partition coefficient (Wildman–Crippen LogP) is 7.30. The number of hydrogen-bond acceptors (Lipinski definition) is 0. The molecular formula is C23H19ClF4. The Bertz CT molecular complexity index is 958. The first-order valence-electron chi connectivity index (χ1n) is 9.10. The zero-order chi connectivity index (χ0) is 20.3. The molecule has 0 atom stereocenters. The molecule has 0 radical (unpaired) electrons. The number of aryl methyl sites for hydroxylation is 3. The highest BCUT2D eigenvalue weighted by Gasteiger charge is 2.13. The summed E-state index contributed by atoms with van der Waals surface area (Å²) < 4.78 is 54.0. The van der Waals surface area contributed by atoms with E-state index in [1.807, 2.05) is 37.3 Å². The molecule has 0 heterocycles. The van der Waals surface area contributed by atoms with Gasteiger partial charge in [0.25, 0.3) is 0 Å². The van der Waals surface area contributed by atoms with Crippen molar-refractivity contribution >= 4 is 11.6 Å². The predicted molar refractivity (Wildman–Crippen MR) is 105 cm³/mol. The summed E-state index contributed by atoms with van der Waals surface area (Å²) in [5.41, 5.74) is 3.33. The zero-order valence-corrected chi connectivity index (χ0v) is 16.1. The highest BCUT2D eigenvalue weighted by molar-refractivity contribution is 6.33. The molecule has 28 heavy (non-hydrogen) atoms. The Balaban J connectivity index is 1.74. The minimum absolute atomic E-state index is 0.107. The first-order chi connectivity index (χ1) is 13.4. The molecule has 3 aromatic carbocycles. The van der Waals surface area contributed by atoms with Crippen LogP contribution in [0, 0.1) is 23.3 Å². The second-order valence-electron chi connectivity index (χ2n) is 6.72. The van der Waals surface area contributed by atoms with Crippen molar-refractivity contribution in [3.63, 3.8) is 0 Å². The average Bonchev–Trinajstić information content (AvgIpc) is 2.69. The quantitative estimate of drug-likeness (QED) is 0.297. The minimum atomic E-state index is -1.46. The molecule has 0 N–H and O–H groups in total. The van der Waals surface area contributed by atoms with Gasteiger partial charge >= 0.3 is 0 Å². The summed E-state index contributed by atoms with van der Waals surface area (Å²) in [4.78, 5) is 0. The number of benzene rings is 3. The van der Waals surface area contributed by atoms with Crippen LogP contribution in [-0.2, 0) is 19.3 Å². The van der Waals surface area contributed by atoms with Crippen LogP contribution in [0.25, 0.3) is 11.1 Å². The van der Waals surface area contributed by atoms with Gasteiger partial charge in [-0.2, -0.15) is 0 Å². The van der Waals surface area contributed by atoms with E-state index >= 15 is 0 Å². The molecule has 0 nitrogen and oxygen atoms in total. The monoisotopic (exact) mass is 406 g/mol. The molecule has 0 unspecified atom stereocenters. The Morgan fingerprint density at radius 3 is 1.93 bits per heavy atom. The van der Waals surface area contributed by atoms with E-state index in [0.29, 0.717) is 36.0 Å². The van der Waals surface area contributed by atoms with Crippen LogP contribution in [0.5, 0.6) is 0 Å². The van der Waals surface area contributed by atoms with Gasteiger partial charge in [0, 0.05) is 5.56 Å². The molecule has 0 fully saturated rings. The van der Waals surface area contributed by atoms with Crippen LogP contribution in [0.2, 0.25) is 5.02 Å². The Kier molecular flexibility index (Phi) is 6.40. The average molecular weight is 407 g/mol. The van der Waals surface area contributed by atoms with Gasteiger partial charge < -0.3 is 0 Å². The largest absolute Gasteiger partial charge is 0.205 e. The van der Waals surface area contributed by atoms with E-state index in [0.717, 1.165) is 29.7 Å². The van der Waals surface area contributed by atoms with Crippen molar-refractivity contribution in [2.75, 3.05) is 0 Å². The summed E-state index contributed by atoms with van der Waals surface area (Å²) in [6.07, 6.45) is 2.37. The standard InChI is InChI=1S/C23H19ClF4/c1-2-3-17-10-11-18(21(24)22(17)27)16-8-6-14(7-9-16)4-5-15-12-19(25)23(28)20(26)13-15/h6-13H,2-5H2,1H3. The Morgan fingerprint density at radius 1 is 0.714 bits per heavy atom. The fourth-order valence-corrected chi connectivity index (χ4v) is 3.46. The smallest absolute Gasteiger partial charge is 0.194 e. The number of halogens is 5. The van der Waals surface area contributed by atoms with Gasteiger partial charge in [0.05, 0.1) is 5.02 Å². The minimum Gasteiger partial charge on any atom is -0.205 e. The lowest BCUT2D eigenvalue weighted by Crippen LogP contribution is -1.97. The molecule has 0 spiro atoms. The zero-order valence-electron chi connectivity index (χ0n) is 15.3. The fraction of sp³-hybridized carbons (Fsp3) is 0.217. The van der Waals surface area contributed by atoms with Crippen molar-refractivity contribution in [3.05, 3.63) is 93.5 Å². The van der Waals surface area contributed by atoms with Crippen LogP contribution in [0.3, 0.4) is 0 Å². The lowest BCUT2D eigenvalue weighted by Gasteiger charge is -2.10. The normalized spacial score (nSPS) is 11.1. The molecule has 5 heteroatoms. The van der Waals surface area contributed by atoms with Gasteiger partial charge in [0.2, 0.25) is 0 Å². The second-order valence-corrected chi connectivity index (χ2v) is 7.10. The molecule has 0 aromatic heterocycles. The van der Waals surface area contributed by atoms with Crippen LogP contribution in [0.1, 0.15) is 30.0 Å². The van der Waals surface area contributed by atoms with Gasteiger partial charge in [0.1, 0.15) is 5.82 Å². The molecule has 3 rings (SSSR count). The van der Waals surface area contributed by atoms with Crippen molar-refractivity contribution < 1.29 is 17.6 Å². The molecule has 0 bridgehead atoms. The molecule has 0 aliphatic rings. The van der Waals surface area contributed by atoms with E-state index in [1.54, 1.807) is 6.07 Å². The Labute approximate surface area is 166 Å². The maximum Gasteiger partial charge on any atom is 0.194 e. The van der Waals surface area contributed by atoms with Crippen LogP contribution in [0.4, 0.5) is 17.6 Å². The molecule has 0 aliphatic carbocycles. The molecule has 0 amide bonds. The van der Waals surface area contributed by atoms with E-state index in [1.165, 1.54) is 0 Å². The van der Waals surface area contributed by atoms with Crippen molar-refractivity contribution in [2.24, 2.45) is 0 Å². The van der Waals surface area contributed by atoms with Gasteiger partial charge in [-0.3, -0.25) is 0 Å². The van der Waals surface area contributed by atoms with Gasteiger partial charge in [0.15, 0.2) is 17.5 Å². The first-order valence-corrected chi connectivity index (χ1v) is 9.48. The third kappa shape index (κ3) is 4.39. The number of rotatable bonds is 6. The van der Waals surface area contributed by atoms with Crippen molar-refractivity contribution in [3.8, 4) is 11.1 Å². The highest BCUT2D eigenvalue weighted by atomic mass is 35.5. The summed E-state index contributed by atoms with van der Waals surface area (Å²) in [6.45, 7) is 1.98. The highest BCUT2D eigenvalue weighted by Crippen LogP contribution is 2.32. The van der Waals surface area contributed by atoms with E-state index in [-0.39, 0.29) is 10.8 Å². The molecule has 0 aliphatic heterocycles. The van der Waals surface area contributed by atoms with Crippen LogP contribution in [0.15, 0.2) is 48.5 Å². The topological polar surface area (TPSA) is 0 Å². The summed E-state index contributed by atoms with van der Waals surface area (Å²) in [5, 5.41) is 0.107. The molecule has 0 saturated heterocycles. The molecular weight excluding hydrogens is 388 g/mol. The lowest BCUT2D eigenvalue weighted by atomic mass is 9.98. The molecule has 3 aromatic rings. The van der Waals surface area contributed by atoms with Gasteiger partial charge in [-0.05, 0) is 53.6 Å². The van der Waals surface area contributed by atoms with Crippen LogP contribution >= 0.6 is 11.6 Å².